The van der Waals surface area contributed by atoms with E-state index in [9.17, 15) is 22.8 Å². The molecule has 0 atom stereocenters. The van der Waals surface area contributed by atoms with Gasteiger partial charge in [-0.15, -0.1) is 0 Å². The lowest BCUT2D eigenvalue weighted by atomic mass is 10.1. The maximum absolute atomic E-state index is 12.8. The van der Waals surface area contributed by atoms with E-state index in [1.165, 1.54) is 18.2 Å². The molecule has 0 amide bonds. The Hall–Kier alpha value is -3.09. The summed E-state index contributed by atoms with van der Waals surface area (Å²) in [5.74, 6) is -0.831. The van der Waals surface area contributed by atoms with E-state index in [4.69, 9.17) is 9.15 Å². The Morgan fingerprint density at radius 1 is 1.08 bits per heavy atom. The second kappa shape index (κ2) is 6.33. The van der Waals surface area contributed by atoms with Crippen LogP contribution in [0.5, 0.6) is 5.75 Å². The SMILES string of the molecule is Cc1cc(=O)oc2c(C)c(OC(=O)c3cccc(C(F)(F)F)c3)ccc12. The van der Waals surface area contributed by atoms with Crippen LogP contribution in [0.4, 0.5) is 13.2 Å². The summed E-state index contributed by atoms with van der Waals surface area (Å²) in [5, 5.41) is 0.681. The molecule has 0 N–H and O–H groups in total. The molecule has 0 bridgehead atoms. The van der Waals surface area contributed by atoms with Crippen molar-refractivity contribution in [3.63, 3.8) is 0 Å². The van der Waals surface area contributed by atoms with E-state index in [-0.39, 0.29) is 16.9 Å². The number of ether oxygens (including phenoxy) is 1. The van der Waals surface area contributed by atoms with Crippen molar-refractivity contribution in [1.82, 2.24) is 0 Å². The number of rotatable bonds is 2. The average molecular weight is 362 g/mol. The van der Waals surface area contributed by atoms with Crippen molar-refractivity contribution < 1.29 is 27.1 Å². The number of esters is 1. The molecule has 0 saturated carbocycles. The lowest BCUT2D eigenvalue weighted by Gasteiger charge is -2.11. The molecule has 26 heavy (non-hydrogen) atoms. The zero-order chi connectivity index (χ0) is 19.1. The van der Waals surface area contributed by atoms with E-state index in [0.717, 1.165) is 18.2 Å². The Morgan fingerprint density at radius 3 is 2.50 bits per heavy atom. The number of benzene rings is 2. The van der Waals surface area contributed by atoms with Gasteiger partial charge < -0.3 is 9.15 Å². The highest BCUT2D eigenvalue weighted by Gasteiger charge is 2.31. The molecule has 0 saturated heterocycles. The Kier molecular flexibility index (Phi) is 4.31. The van der Waals surface area contributed by atoms with Gasteiger partial charge in [-0.05, 0) is 49.7 Å². The number of carbonyl (C=O) groups is 1. The second-order valence-electron chi connectivity index (χ2n) is 5.78. The molecule has 1 aromatic heterocycles. The zero-order valence-corrected chi connectivity index (χ0v) is 13.8. The molecule has 0 spiro atoms. The number of aryl methyl sites for hydroxylation is 2. The zero-order valence-electron chi connectivity index (χ0n) is 13.8. The molecule has 0 aliphatic carbocycles. The van der Waals surface area contributed by atoms with Crippen molar-refractivity contribution in [3.8, 4) is 5.75 Å². The fourth-order valence-corrected chi connectivity index (χ4v) is 2.59. The molecule has 0 aliphatic rings. The van der Waals surface area contributed by atoms with Gasteiger partial charge in [-0.3, -0.25) is 0 Å². The summed E-state index contributed by atoms with van der Waals surface area (Å²) in [6.45, 7) is 3.34. The summed E-state index contributed by atoms with van der Waals surface area (Å²) in [7, 11) is 0. The molecule has 3 aromatic rings. The number of carbonyl (C=O) groups excluding carboxylic acids is 1. The van der Waals surface area contributed by atoms with Gasteiger partial charge in [0.15, 0.2) is 0 Å². The molecule has 7 heteroatoms. The minimum Gasteiger partial charge on any atom is -0.423 e. The van der Waals surface area contributed by atoms with Crippen molar-refractivity contribution in [2.75, 3.05) is 0 Å². The first-order valence-corrected chi connectivity index (χ1v) is 7.60. The smallest absolute Gasteiger partial charge is 0.416 e. The Balaban J connectivity index is 1.98. The first-order valence-electron chi connectivity index (χ1n) is 7.60. The van der Waals surface area contributed by atoms with E-state index in [1.807, 2.05) is 0 Å². The van der Waals surface area contributed by atoms with Crippen molar-refractivity contribution in [1.29, 1.82) is 0 Å². The number of hydrogen-bond donors (Lipinski definition) is 0. The van der Waals surface area contributed by atoms with E-state index in [1.54, 1.807) is 19.9 Å². The van der Waals surface area contributed by atoms with Crippen LogP contribution >= 0.6 is 0 Å². The molecule has 0 unspecified atom stereocenters. The van der Waals surface area contributed by atoms with Gasteiger partial charge in [0.1, 0.15) is 11.3 Å². The van der Waals surface area contributed by atoms with Crippen LogP contribution in [0, 0.1) is 13.8 Å². The van der Waals surface area contributed by atoms with Crippen molar-refractivity contribution in [2.45, 2.75) is 20.0 Å². The monoisotopic (exact) mass is 362 g/mol. The summed E-state index contributed by atoms with van der Waals surface area (Å²) in [6, 6.07) is 8.44. The summed E-state index contributed by atoms with van der Waals surface area (Å²) in [4.78, 5) is 23.8. The van der Waals surface area contributed by atoms with E-state index in [2.05, 4.69) is 0 Å². The lowest BCUT2D eigenvalue weighted by molar-refractivity contribution is -0.137. The van der Waals surface area contributed by atoms with Crippen LogP contribution in [0.1, 0.15) is 27.0 Å². The van der Waals surface area contributed by atoms with Gasteiger partial charge in [0.2, 0.25) is 0 Å². The third kappa shape index (κ3) is 3.33. The standard InChI is InChI=1S/C19H13F3O4/c1-10-8-16(23)26-17-11(2)15(7-6-14(10)17)25-18(24)12-4-3-5-13(9-12)19(20,21)22/h3-9H,1-2H3. The summed E-state index contributed by atoms with van der Waals surface area (Å²) < 4.78 is 48.7. The number of alkyl halides is 3. The maximum Gasteiger partial charge on any atom is 0.416 e. The quantitative estimate of drug-likeness (QED) is 0.378. The number of hydrogen-bond acceptors (Lipinski definition) is 4. The van der Waals surface area contributed by atoms with E-state index in [0.29, 0.717) is 16.5 Å². The highest BCUT2D eigenvalue weighted by molar-refractivity contribution is 5.92. The molecule has 134 valence electrons. The first kappa shape index (κ1) is 17.7. The lowest BCUT2D eigenvalue weighted by Crippen LogP contribution is -2.12. The van der Waals surface area contributed by atoms with Crippen molar-refractivity contribution in [2.24, 2.45) is 0 Å². The van der Waals surface area contributed by atoms with Crippen LogP contribution in [-0.2, 0) is 6.18 Å². The third-order valence-electron chi connectivity index (χ3n) is 3.95. The van der Waals surface area contributed by atoms with Crippen LogP contribution in [-0.4, -0.2) is 5.97 Å². The summed E-state index contributed by atoms with van der Waals surface area (Å²) in [5.41, 5.74) is -0.337. The first-order chi connectivity index (χ1) is 12.2. The fourth-order valence-electron chi connectivity index (χ4n) is 2.59. The van der Waals surface area contributed by atoms with E-state index >= 15 is 0 Å². The van der Waals surface area contributed by atoms with Crippen LogP contribution in [0.3, 0.4) is 0 Å². The van der Waals surface area contributed by atoms with Gasteiger partial charge in [0.25, 0.3) is 0 Å². The largest absolute Gasteiger partial charge is 0.423 e. The van der Waals surface area contributed by atoms with Gasteiger partial charge in [-0.25, -0.2) is 9.59 Å². The Labute approximate surface area is 145 Å². The van der Waals surface area contributed by atoms with E-state index < -0.39 is 23.3 Å². The molecule has 1 heterocycles. The third-order valence-corrected chi connectivity index (χ3v) is 3.95. The molecule has 0 fully saturated rings. The fraction of sp³-hybridized carbons (Fsp3) is 0.158. The molecule has 4 nitrogen and oxygen atoms in total. The van der Waals surface area contributed by atoms with Crippen LogP contribution in [0.25, 0.3) is 11.0 Å². The summed E-state index contributed by atoms with van der Waals surface area (Å²) >= 11 is 0. The van der Waals surface area contributed by atoms with Gasteiger partial charge in [0, 0.05) is 17.0 Å². The van der Waals surface area contributed by atoms with Crippen LogP contribution < -0.4 is 10.4 Å². The maximum atomic E-state index is 12.8. The minimum atomic E-state index is -4.56. The average Bonchev–Trinajstić information content (AvgIpc) is 2.57. The van der Waals surface area contributed by atoms with Crippen LogP contribution in [0.15, 0.2) is 51.7 Å². The second-order valence-corrected chi connectivity index (χ2v) is 5.78. The predicted octanol–water partition coefficient (Wildman–Crippen LogP) is 4.65. The molecular formula is C19H13F3O4. The molecule has 0 radical (unpaired) electrons. The highest BCUT2D eigenvalue weighted by atomic mass is 19.4. The normalized spacial score (nSPS) is 11.6. The molecule has 3 rings (SSSR count). The van der Waals surface area contributed by atoms with Gasteiger partial charge >= 0.3 is 17.8 Å². The Bertz CT molecular complexity index is 1060. The highest BCUT2D eigenvalue weighted by Crippen LogP contribution is 2.31. The molecular weight excluding hydrogens is 349 g/mol. The van der Waals surface area contributed by atoms with Gasteiger partial charge in [-0.1, -0.05) is 6.07 Å². The minimum absolute atomic E-state index is 0.105. The molecule has 2 aromatic carbocycles. The van der Waals surface area contributed by atoms with Gasteiger partial charge in [0.05, 0.1) is 11.1 Å². The topological polar surface area (TPSA) is 56.5 Å². The summed E-state index contributed by atoms with van der Waals surface area (Å²) in [6.07, 6.45) is -4.56. The Morgan fingerprint density at radius 2 is 1.81 bits per heavy atom. The predicted molar refractivity (Wildman–Crippen MR) is 88.4 cm³/mol. The number of fused-ring (bicyclic) bond motifs is 1. The van der Waals surface area contributed by atoms with Crippen molar-refractivity contribution >= 4 is 16.9 Å². The van der Waals surface area contributed by atoms with Crippen molar-refractivity contribution in [3.05, 3.63) is 75.1 Å². The van der Waals surface area contributed by atoms with Crippen LogP contribution in [0.2, 0.25) is 0 Å². The molecule has 0 aliphatic heterocycles. The van der Waals surface area contributed by atoms with Gasteiger partial charge in [-0.2, -0.15) is 13.2 Å². The number of halogens is 3.